The van der Waals surface area contributed by atoms with Crippen LogP contribution in [-0.4, -0.2) is 57.4 Å². The third-order valence-electron chi connectivity index (χ3n) is 4.99. The molecule has 2 aliphatic rings. The van der Waals surface area contributed by atoms with E-state index in [4.69, 9.17) is 4.74 Å². The topological polar surface area (TPSA) is 105 Å². The van der Waals surface area contributed by atoms with Crippen molar-refractivity contribution in [2.24, 2.45) is 0 Å². The molecule has 0 spiro atoms. The van der Waals surface area contributed by atoms with Gasteiger partial charge in [0.05, 0.1) is 7.11 Å². The fourth-order valence-corrected chi connectivity index (χ4v) is 4.80. The fourth-order valence-electron chi connectivity index (χ4n) is 3.30. The number of sulfonamides is 1. The molecule has 2 N–H and O–H groups in total. The minimum atomic E-state index is -3.76. The van der Waals surface area contributed by atoms with Crippen molar-refractivity contribution in [3.8, 4) is 5.75 Å². The third kappa shape index (κ3) is 4.82. The molecule has 1 heterocycles. The van der Waals surface area contributed by atoms with Gasteiger partial charge in [-0.3, -0.25) is 9.59 Å². The summed E-state index contributed by atoms with van der Waals surface area (Å²) >= 11 is 0. The van der Waals surface area contributed by atoms with Crippen LogP contribution < -0.4 is 14.8 Å². The number of benzene rings is 1. The van der Waals surface area contributed by atoms with Crippen molar-refractivity contribution in [2.45, 2.75) is 56.0 Å². The predicted molar refractivity (Wildman–Crippen MR) is 104 cm³/mol. The van der Waals surface area contributed by atoms with Crippen molar-refractivity contribution in [2.75, 3.05) is 20.2 Å². The van der Waals surface area contributed by atoms with Crippen LogP contribution in [0.3, 0.4) is 0 Å². The lowest BCUT2D eigenvalue weighted by Crippen LogP contribution is -2.49. The van der Waals surface area contributed by atoms with Gasteiger partial charge in [0.1, 0.15) is 10.6 Å². The zero-order valence-corrected chi connectivity index (χ0v) is 17.0. The van der Waals surface area contributed by atoms with Crippen molar-refractivity contribution in [3.63, 3.8) is 0 Å². The van der Waals surface area contributed by atoms with Crippen molar-refractivity contribution < 1.29 is 22.7 Å². The van der Waals surface area contributed by atoms with E-state index in [1.165, 1.54) is 19.2 Å². The second kappa shape index (κ2) is 8.48. The molecule has 3 rings (SSSR count). The molecule has 0 radical (unpaired) electrons. The second-order valence-corrected chi connectivity index (χ2v) is 8.95. The largest absolute Gasteiger partial charge is 0.495 e. The number of nitrogens with one attached hydrogen (secondary N) is 2. The van der Waals surface area contributed by atoms with Gasteiger partial charge in [0, 0.05) is 37.2 Å². The molecule has 0 bridgehead atoms. The van der Waals surface area contributed by atoms with E-state index in [1.807, 2.05) is 0 Å². The van der Waals surface area contributed by atoms with Crippen LogP contribution in [0, 0.1) is 0 Å². The number of hydrogen-bond donors (Lipinski definition) is 2. The first kappa shape index (κ1) is 20.6. The summed E-state index contributed by atoms with van der Waals surface area (Å²) in [6.07, 6.45) is 3.64. The Balaban J connectivity index is 1.79. The molecule has 9 heteroatoms. The van der Waals surface area contributed by atoms with Gasteiger partial charge in [-0.2, -0.15) is 0 Å². The number of carbonyl (C=O) groups is 2. The van der Waals surface area contributed by atoms with E-state index < -0.39 is 10.0 Å². The normalized spacial score (nSPS) is 19.9. The number of rotatable bonds is 7. The van der Waals surface area contributed by atoms with Gasteiger partial charge in [0.15, 0.2) is 0 Å². The van der Waals surface area contributed by atoms with Crippen LogP contribution >= 0.6 is 0 Å². The van der Waals surface area contributed by atoms with Crippen molar-refractivity contribution in [1.82, 2.24) is 14.9 Å². The van der Waals surface area contributed by atoms with Crippen LogP contribution in [0.1, 0.15) is 49.4 Å². The summed E-state index contributed by atoms with van der Waals surface area (Å²) in [5, 5.41) is 2.93. The lowest BCUT2D eigenvalue weighted by molar-refractivity contribution is -0.121. The summed E-state index contributed by atoms with van der Waals surface area (Å²) in [5.74, 6) is -0.0827. The zero-order valence-electron chi connectivity index (χ0n) is 16.2. The first-order chi connectivity index (χ1) is 13.3. The van der Waals surface area contributed by atoms with E-state index in [0.717, 1.165) is 25.7 Å². The molecule has 8 nitrogen and oxygen atoms in total. The molecule has 1 atom stereocenters. The molecule has 1 aliphatic heterocycles. The Bertz CT molecular complexity index is 851. The summed E-state index contributed by atoms with van der Waals surface area (Å²) in [5.41, 5.74) is 0.291. The highest BCUT2D eigenvalue weighted by Crippen LogP contribution is 2.29. The number of hydrogen-bond acceptors (Lipinski definition) is 5. The van der Waals surface area contributed by atoms with E-state index in [2.05, 4.69) is 10.0 Å². The monoisotopic (exact) mass is 409 g/mol. The lowest BCUT2D eigenvalue weighted by atomic mass is 10.0. The minimum absolute atomic E-state index is 0.0272. The quantitative estimate of drug-likeness (QED) is 0.706. The first-order valence-corrected chi connectivity index (χ1v) is 11.1. The molecular formula is C19H27N3O5S. The zero-order chi connectivity index (χ0) is 20.3. The Morgan fingerprint density at radius 2 is 1.96 bits per heavy atom. The van der Waals surface area contributed by atoms with Gasteiger partial charge in [0.2, 0.25) is 15.9 Å². The SMILES string of the molecule is CCC(=O)NC1CCCN(C(=O)c2ccc(OC)c(S(=O)(=O)NC3CC3)c2)C1. The van der Waals surface area contributed by atoms with Crippen LogP contribution in [-0.2, 0) is 14.8 Å². The van der Waals surface area contributed by atoms with Gasteiger partial charge in [0.25, 0.3) is 5.91 Å². The highest BCUT2D eigenvalue weighted by atomic mass is 32.2. The van der Waals surface area contributed by atoms with E-state index >= 15 is 0 Å². The Kier molecular flexibility index (Phi) is 6.24. The van der Waals surface area contributed by atoms with Crippen LogP contribution in [0.25, 0.3) is 0 Å². The van der Waals surface area contributed by atoms with E-state index in [0.29, 0.717) is 25.1 Å². The molecule has 1 aromatic rings. The van der Waals surface area contributed by atoms with E-state index in [9.17, 15) is 18.0 Å². The van der Waals surface area contributed by atoms with Gasteiger partial charge >= 0.3 is 0 Å². The average Bonchev–Trinajstić information content (AvgIpc) is 3.50. The average molecular weight is 410 g/mol. The van der Waals surface area contributed by atoms with Crippen molar-refractivity contribution >= 4 is 21.8 Å². The number of amides is 2. The Morgan fingerprint density at radius 1 is 1.21 bits per heavy atom. The Morgan fingerprint density at radius 3 is 2.61 bits per heavy atom. The molecule has 1 saturated carbocycles. The summed E-state index contributed by atoms with van der Waals surface area (Å²) in [4.78, 5) is 26.3. The number of likely N-dealkylation sites (tertiary alicyclic amines) is 1. The standard InChI is InChI=1S/C19H27N3O5S/c1-3-18(23)20-15-5-4-10-22(12-15)19(24)13-6-9-16(27-2)17(11-13)28(25,26)21-14-7-8-14/h6,9,11,14-15,21H,3-5,7-8,10,12H2,1-2H3,(H,20,23). The smallest absolute Gasteiger partial charge is 0.253 e. The molecule has 1 aliphatic carbocycles. The fraction of sp³-hybridized carbons (Fsp3) is 0.579. The molecule has 2 amide bonds. The van der Waals surface area contributed by atoms with Gasteiger partial charge in [-0.25, -0.2) is 13.1 Å². The highest BCUT2D eigenvalue weighted by Gasteiger charge is 2.31. The van der Waals surface area contributed by atoms with Crippen LogP contribution in [0.5, 0.6) is 5.75 Å². The molecule has 1 unspecified atom stereocenters. The second-order valence-electron chi connectivity index (χ2n) is 7.27. The van der Waals surface area contributed by atoms with Gasteiger partial charge < -0.3 is 15.0 Å². The third-order valence-corrected chi connectivity index (χ3v) is 6.54. The molecule has 0 aromatic heterocycles. The molecular weight excluding hydrogens is 382 g/mol. The minimum Gasteiger partial charge on any atom is -0.495 e. The summed E-state index contributed by atoms with van der Waals surface area (Å²) in [7, 11) is -2.36. The Labute approximate surface area is 165 Å². The van der Waals surface area contributed by atoms with Gasteiger partial charge in [-0.15, -0.1) is 0 Å². The molecule has 1 saturated heterocycles. The molecule has 28 heavy (non-hydrogen) atoms. The number of piperidine rings is 1. The molecule has 154 valence electrons. The van der Waals surface area contributed by atoms with Crippen LogP contribution in [0.15, 0.2) is 23.1 Å². The van der Waals surface area contributed by atoms with Crippen LogP contribution in [0.2, 0.25) is 0 Å². The number of ether oxygens (including phenoxy) is 1. The number of nitrogens with zero attached hydrogens (tertiary/aromatic N) is 1. The maximum atomic E-state index is 13.0. The summed E-state index contributed by atoms with van der Waals surface area (Å²) in [6, 6.07) is 4.34. The maximum Gasteiger partial charge on any atom is 0.253 e. The predicted octanol–water partition coefficient (Wildman–Crippen LogP) is 1.27. The first-order valence-electron chi connectivity index (χ1n) is 9.63. The van der Waals surface area contributed by atoms with Gasteiger partial charge in [-0.1, -0.05) is 6.92 Å². The summed E-state index contributed by atoms with van der Waals surface area (Å²) in [6.45, 7) is 2.78. The van der Waals surface area contributed by atoms with Crippen LogP contribution in [0.4, 0.5) is 0 Å². The lowest BCUT2D eigenvalue weighted by Gasteiger charge is -2.33. The number of carbonyl (C=O) groups excluding carboxylic acids is 2. The Hall–Kier alpha value is -2.13. The van der Waals surface area contributed by atoms with Gasteiger partial charge in [-0.05, 0) is 43.9 Å². The maximum absolute atomic E-state index is 13.0. The molecule has 2 fully saturated rings. The van der Waals surface area contributed by atoms with Crippen molar-refractivity contribution in [1.29, 1.82) is 0 Å². The van der Waals surface area contributed by atoms with E-state index in [-0.39, 0.29) is 34.5 Å². The van der Waals surface area contributed by atoms with Crippen molar-refractivity contribution in [3.05, 3.63) is 23.8 Å². The number of methoxy groups -OCH3 is 1. The van der Waals surface area contributed by atoms with E-state index in [1.54, 1.807) is 17.9 Å². The molecule has 1 aromatic carbocycles. The highest BCUT2D eigenvalue weighted by molar-refractivity contribution is 7.89. The summed E-state index contributed by atoms with van der Waals surface area (Å²) < 4.78 is 33.1.